The molecule has 1 aromatic rings. The van der Waals surface area contributed by atoms with Crippen molar-refractivity contribution in [2.24, 2.45) is 4.99 Å². The zero-order chi connectivity index (χ0) is 9.26. The van der Waals surface area contributed by atoms with Gasteiger partial charge in [-0.25, -0.2) is 14.8 Å². The number of nitrogens with one attached hydrogen (secondary N) is 1. The van der Waals surface area contributed by atoms with Gasteiger partial charge in [0.2, 0.25) is 5.82 Å². The Morgan fingerprint density at radius 3 is 3.23 bits per heavy atom. The Morgan fingerprint density at radius 1 is 1.62 bits per heavy atom. The van der Waals surface area contributed by atoms with Crippen molar-refractivity contribution in [2.45, 2.75) is 0 Å². The maximum atomic E-state index is 10.5. The zero-order valence-electron chi connectivity index (χ0n) is 6.56. The zero-order valence-corrected chi connectivity index (χ0v) is 6.56. The first-order chi connectivity index (χ1) is 6.27. The van der Waals surface area contributed by atoms with Crippen molar-refractivity contribution in [2.75, 3.05) is 11.9 Å². The summed E-state index contributed by atoms with van der Waals surface area (Å²) in [4.78, 5) is 21.9. The van der Waals surface area contributed by atoms with Crippen LogP contribution in [0.2, 0.25) is 0 Å². The lowest BCUT2D eigenvalue weighted by molar-refractivity contribution is 0.0683. The second-order valence-corrected chi connectivity index (χ2v) is 2.43. The van der Waals surface area contributed by atoms with E-state index < -0.39 is 5.97 Å². The maximum Gasteiger partial charge on any atom is 0.374 e. The quantitative estimate of drug-likeness (QED) is 0.645. The minimum absolute atomic E-state index is 0.219. The second-order valence-electron chi connectivity index (χ2n) is 2.43. The summed E-state index contributed by atoms with van der Waals surface area (Å²) in [6.45, 7) is 0.559. The fourth-order valence-corrected chi connectivity index (χ4v) is 0.989. The summed E-state index contributed by atoms with van der Waals surface area (Å²) in [6.07, 6.45) is 3.06. The van der Waals surface area contributed by atoms with Crippen molar-refractivity contribution in [3.8, 4) is 0 Å². The van der Waals surface area contributed by atoms with Gasteiger partial charge in [0, 0.05) is 6.21 Å². The molecule has 0 saturated carbocycles. The predicted molar refractivity (Wildman–Crippen MR) is 45.6 cm³/mol. The molecule has 1 aliphatic rings. The number of aromatic nitrogens is 2. The van der Waals surface area contributed by atoms with Gasteiger partial charge in [-0.05, 0) is 0 Å². The van der Waals surface area contributed by atoms with Crippen LogP contribution in [0.4, 0.5) is 11.5 Å². The molecule has 0 amide bonds. The van der Waals surface area contributed by atoms with Crippen molar-refractivity contribution in [1.82, 2.24) is 9.97 Å². The fourth-order valence-electron chi connectivity index (χ4n) is 0.989. The van der Waals surface area contributed by atoms with E-state index in [1.165, 1.54) is 6.20 Å². The molecular weight excluding hydrogens is 172 g/mol. The standard InChI is InChI=1S/C7H6N4O2/c12-7(13)6-10-3-4-5(11-6)9-2-1-8-4/h1,3H,2H2,(H,12,13)(H,9,10,11). The van der Waals surface area contributed by atoms with E-state index in [1.807, 2.05) is 0 Å². The molecule has 2 rings (SSSR count). The van der Waals surface area contributed by atoms with Gasteiger partial charge >= 0.3 is 5.97 Å². The minimum Gasteiger partial charge on any atom is -0.475 e. The molecule has 2 N–H and O–H groups in total. The fraction of sp³-hybridized carbons (Fsp3) is 0.143. The number of nitrogens with zero attached hydrogens (tertiary/aromatic N) is 3. The van der Waals surface area contributed by atoms with Crippen LogP contribution in [0.15, 0.2) is 11.2 Å². The Labute approximate surface area is 73.4 Å². The number of hydrogen-bond donors (Lipinski definition) is 2. The molecule has 0 bridgehead atoms. The number of aromatic carboxylic acids is 1. The summed E-state index contributed by atoms with van der Waals surface area (Å²) in [7, 11) is 0. The molecule has 0 fully saturated rings. The molecule has 6 nitrogen and oxygen atoms in total. The van der Waals surface area contributed by atoms with Crippen LogP contribution in [-0.2, 0) is 0 Å². The van der Waals surface area contributed by atoms with Gasteiger partial charge in [-0.15, -0.1) is 0 Å². The highest BCUT2D eigenvalue weighted by Crippen LogP contribution is 2.22. The van der Waals surface area contributed by atoms with E-state index in [-0.39, 0.29) is 5.82 Å². The molecule has 0 unspecified atom stereocenters. The predicted octanol–water partition coefficient (Wildman–Crippen LogP) is 0.303. The van der Waals surface area contributed by atoms with Crippen LogP contribution in [-0.4, -0.2) is 33.8 Å². The van der Waals surface area contributed by atoms with Gasteiger partial charge in [-0.1, -0.05) is 0 Å². The van der Waals surface area contributed by atoms with Crippen molar-refractivity contribution in [1.29, 1.82) is 0 Å². The molecule has 0 radical (unpaired) electrons. The Kier molecular flexibility index (Phi) is 1.66. The average molecular weight is 178 g/mol. The molecule has 1 aromatic heterocycles. The highest BCUT2D eigenvalue weighted by molar-refractivity contribution is 5.85. The SMILES string of the molecule is O=C(O)c1ncc2c(n1)NCC=N2. The van der Waals surface area contributed by atoms with Crippen LogP contribution >= 0.6 is 0 Å². The summed E-state index contributed by atoms with van der Waals surface area (Å²) in [5, 5.41) is 11.5. The summed E-state index contributed by atoms with van der Waals surface area (Å²) in [6, 6.07) is 0. The van der Waals surface area contributed by atoms with Gasteiger partial charge in [0.25, 0.3) is 0 Å². The lowest BCUT2D eigenvalue weighted by atomic mass is 10.4. The van der Waals surface area contributed by atoms with Gasteiger partial charge in [0.05, 0.1) is 12.7 Å². The lowest BCUT2D eigenvalue weighted by Crippen LogP contribution is -2.12. The highest BCUT2D eigenvalue weighted by Gasteiger charge is 2.12. The summed E-state index contributed by atoms with van der Waals surface area (Å²) in [5.74, 6) is -0.891. The van der Waals surface area contributed by atoms with Gasteiger partial charge in [0.1, 0.15) is 5.69 Å². The van der Waals surface area contributed by atoms with E-state index in [4.69, 9.17) is 5.11 Å². The summed E-state index contributed by atoms with van der Waals surface area (Å²) < 4.78 is 0. The van der Waals surface area contributed by atoms with Crippen LogP contribution in [0.3, 0.4) is 0 Å². The molecule has 1 aliphatic heterocycles. The van der Waals surface area contributed by atoms with E-state index >= 15 is 0 Å². The number of rotatable bonds is 1. The van der Waals surface area contributed by atoms with Crippen LogP contribution in [0.25, 0.3) is 0 Å². The van der Waals surface area contributed by atoms with Crippen LogP contribution in [0, 0.1) is 0 Å². The summed E-state index contributed by atoms with van der Waals surface area (Å²) >= 11 is 0. The number of carbonyl (C=O) groups is 1. The molecule has 6 heteroatoms. The number of hydrogen-bond acceptors (Lipinski definition) is 5. The topological polar surface area (TPSA) is 87.5 Å². The number of anilines is 1. The molecule has 0 aliphatic carbocycles. The molecule has 66 valence electrons. The van der Waals surface area contributed by atoms with E-state index in [2.05, 4.69) is 20.3 Å². The smallest absolute Gasteiger partial charge is 0.374 e. The van der Waals surface area contributed by atoms with E-state index in [0.29, 0.717) is 18.1 Å². The normalized spacial score (nSPS) is 13.2. The molecular formula is C7H6N4O2. The van der Waals surface area contributed by atoms with E-state index in [0.717, 1.165) is 0 Å². The third-order valence-corrected chi connectivity index (χ3v) is 1.55. The molecule has 0 atom stereocenters. The van der Waals surface area contributed by atoms with Crippen molar-refractivity contribution in [3.05, 3.63) is 12.0 Å². The molecule has 0 spiro atoms. The van der Waals surface area contributed by atoms with Gasteiger partial charge in [0.15, 0.2) is 5.82 Å². The van der Waals surface area contributed by atoms with Crippen molar-refractivity contribution < 1.29 is 9.90 Å². The molecule has 0 saturated heterocycles. The summed E-state index contributed by atoms with van der Waals surface area (Å²) in [5.41, 5.74) is 0.566. The third-order valence-electron chi connectivity index (χ3n) is 1.55. The first kappa shape index (κ1) is 7.66. The highest BCUT2D eigenvalue weighted by atomic mass is 16.4. The minimum atomic E-state index is -1.14. The number of fused-ring (bicyclic) bond motifs is 1. The monoisotopic (exact) mass is 178 g/mol. The van der Waals surface area contributed by atoms with E-state index in [1.54, 1.807) is 6.21 Å². The third kappa shape index (κ3) is 1.33. The van der Waals surface area contributed by atoms with Crippen molar-refractivity contribution in [3.63, 3.8) is 0 Å². The Morgan fingerprint density at radius 2 is 2.46 bits per heavy atom. The number of carboxylic acid groups (broad SMARTS) is 1. The first-order valence-electron chi connectivity index (χ1n) is 3.64. The number of aliphatic imine (C=N–C) groups is 1. The Balaban J connectivity index is 2.48. The second kappa shape index (κ2) is 2.81. The average Bonchev–Trinajstić information content (AvgIpc) is 2.17. The lowest BCUT2D eigenvalue weighted by Gasteiger charge is -2.09. The van der Waals surface area contributed by atoms with Gasteiger partial charge < -0.3 is 10.4 Å². The number of carboxylic acids is 1. The maximum absolute atomic E-state index is 10.5. The molecule has 0 aromatic carbocycles. The largest absolute Gasteiger partial charge is 0.475 e. The van der Waals surface area contributed by atoms with Crippen LogP contribution < -0.4 is 5.32 Å². The van der Waals surface area contributed by atoms with Crippen LogP contribution in [0.5, 0.6) is 0 Å². The van der Waals surface area contributed by atoms with Crippen LogP contribution in [0.1, 0.15) is 10.6 Å². The molecule has 13 heavy (non-hydrogen) atoms. The van der Waals surface area contributed by atoms with Gasteiger partial charge in [-0.3, -0.25) is 4.99 Å². The van der Waals surface area contributed by atoms with E-state index in [9.17, 15) is 4.79 Å². The van der Waals surface area contributed by atoms with Crippen molar-refractivity contribution >= 4 is 23.7 Å². The van der Waals surface area contributed by atoms with Gasteiger partial charge in [-0.2, -0.15) is 0 Å². The molecule has 2 heterocycles. The Hall–Kier alpha value is -1.98. The first-order valence-corrected chi connectivity index (χ1v) is 3.64. The Bertz CT molecular complexity index is 388.